The molecule has 24 heteroatoms. The van der Waals surface area contributed by atoms with E-state index in [2.05, 4.69) is 97.1 Å². The van der Waals surface area contributed by atoms with E-state index in [-0.39, 0.29) is 34.3 Å². The molecule has 13 aromatic carbocycles. The first kappa shape index (κ1) is 75.0. The third kappa shape index (κ3) is 19.2. The summed E-state index contributed by atoms with van der Waals surface area (Å²) in [5.41, 5.74) is 11.3. The Morgan fingerprint density at radius 2 is 0.738 bits per heavy atom. The number of amides is 9. The van der Waals surface area contributed by atoms with Gasteiger partial charge in [0.15, 0.2) is 5.78 Å². The summed E-state index contributed by atoms with van der Waals surface area (Å²) in [7, 11) is 0. The van der Waals surface area contributed by atoms with Gasteiger partial charge in [-0.1, -0.05) is 114 Å². The maximum absolute atomic E-state index is 12.7. The van der Waals surface area contributed by atoms with Gasteiger partial charge in [0.1, 0.15) is 34.3 Å². The fourth-order valence-electron chi connectivity index (χ4n) is 11.0. The van der Waals surface area contributed by atoms with Gasteiger partial charge < -0.3 is 20.6 Å². The Morgan fingerprint density at radius 1 is 0.364 bits per heavy atom. The highest BCUT2D eigenvalue weighted by molar-refractivity contribution is 14.1. The minimum atomic E-state index is -0.649. The second kappa shape index (κ2) is 34.8. The number of phenolic OH excluding ortho intramolecular Hbond substituents is 3. The molecule has 0 bridgehead atoms. The zero-order valence-electron chi connectivity index (χ0n) is 57.5. The lowest BCUT2D eigenvalue weighted by atomic mass is 10.0. The summed E-state index contributed by atoms with van der Waals surface area (Å²) in [6, 6.07) is 74.5. The van der Waals surface area contributed by atoms with E-state index in [0.717, 1.165) is 40.2 Å². The van der Waals surface area contributed by atoms with Crippen molar-refractivity contribution in [3.63, 3.8) is 0 Å². The minimum absolute atomic E-state index is 0.000324. The Bertz CT molecular complexity index is 5430. The quantitative estimate of drug-likeness (QED) is 0.0208. The van der Waals surface area contributed by atoms with Crippen LogP contribution in [0.5, 0.6) is 17.2 Å². The number of azo groups is 3. The molecule has 9 amide bonds. The summed E-state index contributed by atoms with van der Waals surface area (Å²) < 4.78 is 1.89. The van der Waals surface area contributed by atoms with Crippen LogP contribution >= 0.6 is 45.2 Å². The predicted molar refractivity (Wildman–Crippen MR) is 432 cm³/mol. The van der Waals surface area contributed by atoms with Crippen molar-refractivity contribution in [1.82, 2.24) is 16.0 Å². The van der Waals surface area contributed by atoms with E-state index in [0.29, 0.717) is 102 Å². The summed E-state index contributed by atoms with van der Waals surface area (Å²) in [5.74, 6) is -0.750. The van der Waals surface area contributed by atoms with E-state index in [1.54, 1.807) is 140 Å². The van der Waals surface area contributed by atoms with Crippen LogP contribution in [0.15, 0.2) is 292 Å². The van der Waals surface area contributed by atoms with Gasteiger partial charge in [-0.05, 0) is 258 Å². The summed E-state index contributed by atoms with van der Waals surface area (Å²) in [6.07, 6.45) is 0.708. The standard InChI is InChI=1S/C32H23IN4O4.C26H22N4O3.C25H19IN4O3/c1-19-5-7-20(8-6-19)30(39)21-9-13-25(14-10-21)36-37-29-27-15-11-23(17-22(27)12-16-28(29)38)31(40)35-32(41)34-26-4-2-3-24(33)18-26;1-17-6-9-20(10-7-17)28-29-25-23-12-11-22(15-19(23)8-13-24(25)32)30(26(33)27-16-31)21-5-3-4-18(2)14-21;1-16-5-8-19(9-6-16)28-29-24-22-11-10-21(13-17(22)7-12-23(24)32)30(25(33)27-15-31)20-4-2-3-18(26)14-20/h2-18,38H,1H3,(H2,34,35,40,41);3-16,32H,1-2H3,(H,27,31,33);2-15,32H,1H3,(H,27,31,33). The van der Waals surface area contributed by atoms with Crippen molar-refractivity contribution in [2.45, 2.75) is 27.7 Å². The Balaban J connectivity index is 0.000000161. The van der Waals surface area contributed by atoms with Crippen LogP contribution in [-0.4, -0.2) is 57.9 Å². The number of nitrogens with one attached hydrogen (secondary N) is 4. The van der Waals surface area contributed by atoms with Crippen molar-refractivity contribution in [2.24, 2.45) is 30.7 Å². The number of carbonyl (C=O) groups is 7. The zero-order chi connectivity index (χ0) is 75.7. The SMILES string of the molecule is Cc1ccc(C(=O)c2ccc(N=Nc3c(O)ccc4cc(C(=O)NC(=O)Nc5cccc(I)c5)ccc34)cc2)cc1.Cc1ccc(N=Nc2c(O)ccc3cc(N(C(=O)NC=O)c4cccc(C)c4)ccc23)cc1.Cc1ccc(N=Nc2c(O)ccc3cc(N(C(=O)NC=O)c4cccc(I)c4)ccc23)cc1. The highest BCUT2D eigenvalue weighted by Crippen LogP contribution is 2.42. The number of ketones is 1. The van der Waals surface area contributed by atoms with Crippen LogP contribution in [-0.2, 0) is 9.59 Å². The summed E-state index contributed by atoms with van der Waals surface area (Å²) in [5, 5.41) is 70.2. The van der Waals surface area contributed by atoms with E-state index in [4.69, 9.17) is 0 Å². The highest BCUT2D eigenvalue weighted by atomic mass is 127. The zero-order valence-corrected chi connectivity index (χ0v) is 61.8. The lowest BCUT2D eigenvalue weighted by Gasteiger charge is -2.23. The molecule has 0 radical (unpaired) electrons. The van der Waals surface area contributed by atoms with E-state index < -0.39 is 24.0 Å². The van der Waals surface area contributed by atoms with Gasteiger partial charge in [0.2, 0.25) is 12.8 Å². The molecule has 530 valence electrons. The minimum Gasteiger partial charge on any atom is -0.506 e. The van der Waals surface area contributed by atoms with E-state index in [1.807, 2.05) is 131 Å². The monoisotopic (exact) mass is 1640 g/mol. The third-order valence-corrected chi connectivity index (χ3v) is 17.7. The number of fused-ring (bicyclic) bond motifs is 3. The first-order chi connectivity index (χ1) is 51.7. The number of nitrogens with zero attached hydrogens (tertiary/aromatic N) is 8. The molecule has 0 aliphatic carbocycles. The van der Waals surface area contributed by atoms with Gasteiger partial charge in [0, 0.05) is 45.7 Å². The number of hydrogen-bond donors (Lipinski definition) is 7. The molecule has 0 saturated carbocycles. The van der Waals surface area contributed by atoms with Gasteiger partial charge >= 0.3 is 18.1 Å². The van der Waals surface area contributed by atoms with Gasteiger partial charge in [-0.15, -0.1) is 15.3 Å². The first-order valence-electron chi connectivity index (χ1n) is 32.8. The molecule has 13 rings (SSSR count). The van der Waals surface area contributed by atoms with Crippen molar-refractivity contribution in [2.75, 3.05) is 15.1 Å². The number of benzene rings is 13. The smallest absolute Gasteiger partial charge is 0.332 e. The van der Waals surface area contributed by atoms with Crippen molar-refractivity contribution < 1.29 is 48.9 Å². The number of carbonyl (C=O) groups excluding carboxylic acids is 7. The Morgan fingerprint density at radius 3 is 1.18 bits per heavy atom. The molecule has 0 aliphatic rings. The molecule has 107 heavy (non-hydrogen) atoms. The van der Waals surface area contributed by atoms with Crippen molar-refractivity contribution in [3.05, 3.63) is 307 Å². The summed E-state index contributed by atoms with van der Waals surface area (Å²) >= 11 is 4.29. The van der Waals surface area contributed by atoms with Crippen LogP contribution in [0.3, 0.4) is 0 Å². The fourth-order valence-corrected chi connectivity index (χ4v) is 12.1. The largest absolute Gasteiger partial charge is 0.506 e. The van der Waals surface area contributed by atoms with Crippen LogP contribution in [0.4, 0.5) is 76.9 Å². The Hall–Kier alpha value is -13.2. The number of aryl methyl sites for hydroxylation is 4. The Kier molecular flexibility index (Phi) is 24.4. The molecule has 0 aliphatic heterocycles. The number of anilines is 5. The van der Waals surface area contributed by atoms with Crippen LogP contribution in [0.1, 0.15) is 48.5 Å². The van der Waals surface area contributed by atoms with Crippen LogP contribution in [0.25, 0.3) is 32.3 Å². The molecule has 0 spiro atoms. The van der Waals surface area contributed by atoms with Gasteiger partial charge in [0.25, 0.3) is 5.91 Å². The van der Waals surface area contributed by atoms with Gasteiger partial charge in [-0.2, -0.15) is 15.3 Å². The second-order valence-electron chi connectivity index (χ2n) is 24.1. The van der Waals surface area contributed by atoms with Crippen molar-refractivity contribution in [1.29, 1.82) is 0 Å². The first-order valence-corrected chi connectivity index (χ1v) is 35.0. The Labute approximate surface area is 640 Å². The third-order valence-electron chi connectivity index (χ3n) is 16.4. The molecule has 0 unspecified atom stereocenters. The number of imide groups is 3. The molecule has 22 nitrogen and oxygen atoms in total. The van der Waals surface area contributed by atoms with Gasteiger partial charge in [-0.25, -0.2) is 14.4 Å². The molecule has 0 aromatic heterocycles. The lowest BCUT2D eigenvalue weighted by molar-refractivity contribution is -0.109. The maximum atomic E-state index is 12.7. The molecular weight excluding hydrogens is 1580 g/mol. The highest BCUT2D eigenvalue weighted by Gasteiger charge is 2.22. The number of hydrogen-bond acceptors (Lipinski definition) is 16. The molecule has 13 aromatic rings. The molecule has 0 saturated heterocycles. The van der Waals surface area contributed by atoms with E-state index in [9.17, 15) is 48.9 Å². The lowest BCUT2D eigenvalue weighted by Crippen LogP contribution is -2.36. The van der Waals surface area contributed by atoms with E-state index >= 15 is 0 Å². The van der Waals surface area contributed by atoms with Crippen LogP contribution < -0.4 is 31.1 Å². The molecule has 7 N–H and O–H groups in total. The van der Waals surface area contributed by atoms with Crippen LogP contribution in [0, 0.1) is 34.8 Å². The number of halogens is 2. The average Bonchev–Trinajstić information content (AvgIpc) is 0.790. The topological polar surface area (TPSA) is 309 Å². The van der Waals surface area contributed by atoms with E-state index in [1.165, 1.54) is 28.0 Å². The average molecular weight is 1640 g/mol. The number of phenols is 3. The predicted octanol–water partition coefficient (Wildman–Crippen LogP) is 21.5. The summed E-state index contributed by atoms with van der Waals surface area (Å²) in [6.45, 7) is 7.87. The second-order valence-corrected chi connectivity index (χ2v) is 26.6. The molecular formula is C83H64I2N12O10. The number of rotatable bonds is 16. The molecule has 0 fully saturated rings. The van der Waals surface area contributed by atoms with Crippen molar-refractivity contribution >= 4 is 183 Å². The molecule has 0 atom stereocenters. The molecule has 0 heterocycles. The number of aromatic hydroxyl groups is 3. The fraction of sp³-hybridized carbons (Fsp3) is 0.0482. The van der Waals surface area contributed by atoms with Gasteiger partial charge in [0.05, 0.1) is 39.8 Å². The van der Waals surface area contributed by atoms with Crippen molar-refractivity contribution in [3.8, 4) is 17.2 Å². The number of urea groups is 3. The van der Waals surface area contributed by atoms with Crippen LogP contribution in [0.2, 0.25) is 0 Å². The maximum Gasteiger partial charge on any atom is 0.332 e. The summed E-state index contributed by atoms with van der Waals surface area (Å²) in [4.78, 5) is 87.9. The van der Waals surface area contributed by atoms with Gasteiger partial charge in [-0.3, -0.25) is 44.9 Å². The normalized spacial score (nSPS) is 11.0.